The van der Waals surface area contributed by atoms with Crippen molar-refractivity contribution in [3.8, 4) is 33.5 Å². The molecule has 1 aromatic heterocycles. The van der Waals surface area contributed by atoms with Crippen LogP contribution in [0.1, 0.15) is 22.3 Å². The van der Waals surface area contributed by atoms with Crippen molar-refractivity contribution in [2.75, 3.05) is 4.90 Å². The highest BCUT2D eigenvalue weighted by molar-refractivity contribution is 5.99. The number of anilines is 3. The number of hydrogen-bond acceptors (Lipinski definition) is 2. The van der Waals surface area contributed by atoms with E-state index < -0.39 is 5.41 Å². The maximum Gasteiger partial charge on any atom is 0.0760 e. The molecule has 1 spiro atoms. The summed E-state index contributed by atoms with van der Waals surface area (Å²) < 4.78 is 0. The van der Waals surface area contributed by atoms with E-state index in [1.165, 1.54) is 55.9 Å². The number of fused-ring (bicyclic) bond motifs is 10. The molecule has 7 aromatic carbocycles. The van der Waals surface area contributed by atoms with E-state index in [9.17, 15) is 0 Å². The number of aromatic nitrogens is 1. The Bertz CT molecular complexity index is 2470. The van der Waals surface area contributed by atoms with Crippen LogP contribution in [-0.2, 0) is 5.41 Å². The molecule has 0 unspecified atom stereocenters. The molecule has 8 aromatic rings. The topological polar surface area (TPSA) is 16.1 Å². The average molecular weight is 611 g/mol. The molecule has 2 aliphatic rings. The average Bonchev–Trinajstić information content (AvgIpc) is 3.46. The third kappa shape index (κ3) is 3.72. The summed E-state index contributed by atoms with van der Waals surface area (Å²) in [6.07, 6.45) is 0. The lowest BCUT2D eigenvalue weighted by Gasteiger charge is -2.45. The minimum Gasteiger partial charge on any atom is -0.310 e. The molecule has 0 radical (unpaired) electrons. The molecule has 0 atom stereocenters. The number of rotatable bonds is 3. The number of hydrogen-bond donors (Lipinski definition) is 0. The summed E-state index contributed by atoms with van der Waals surface area (Å²) in [5.74, 6) is 0. The lowest BCUT2D eigenvalue weighted by Crippen LogP contribution is -2.36. The highest BCUT2D eigenvalue weighted by Crippen LogP contribution is 2.64. The highest BCUT2D eigenvalue weighted by atomic mass is 15.2. The Labute approximate surface area is 280 Å². The van der Waals surface area contributed by atoms with Gasteiger partial charge in [0.1, 0.15) is 0 Å². The van der Waals surface area contributed by atoms with Crippen LogP contribution in [-0.4, -0.2) is 4.98 Å². The number of benzene rings is 7. The van der Waals surface area contributed by atoms with Crippen LogP contribution in [0.2, 0.25) is 0 Å². The Kier molecular flexibility index (Phi) is 5.82. The van der Waals surface area contributed by atoms with E-state index in [2.05, 4.69) is 181 Å². The van der Waals surface area contributed by atoms with Gasteiger partial charge in [-0.15, -0.1) is 0 Å². The Morgan fingerprint density at radius 1 is 0.417 bits per heavy atom. The molecule has 2 heteroatoms. The third-order valence-electron chi connectivity index (χ3n) is 10.2. The summed E-state index contributed by atoms with van der Waals surface area (Å²) in [5, 5.41) is 1.13. The molecule has 0 saturated heterocycles. The first kappa shape index (κ1) is 26.9. The van der Waals surface area contributed by atoms with Crippen molar-refractivity contribution in [1.29, 1.82) is 0 Å². The van der Waals surface area contributed by atoms with E-state index in [1.807, 2.05) is 6.07 Å². The van der Waals surface area contributed by atoms with Crippen LogP contribution in [0, 0.1) is 0 Å². The van der Waals surface area contributed by atoms with Gasteiger partial charge in [0.25, 0.3) is 0 Å². The monoisotopic (exact) mass is 610 g/mol. The zero-order valence-corrected chi connectivity index (χ0v) is 26.2. The van der Waals surface area contributed by atoms with E-state index in [4.69, 9.17) is 4.98 Å². The lowest BCUT2D eigenvalue weighted by molar-refractivity contribution is 0.754. The van der Waals surface area contributed by atoms with Crippen LogP contribution in [0.25, 0.3) is 44.4 Å². The molecule has 48 heavy (non-hydrogen) atoms. The Morgan fingerprint density at radius 3 is 1.77 bits per heavy atom. The predicted octanol–water partition coefficient (Wildman–Crippen LogP) is 11.7. The van der Waals surface area contributed by atoms with Crippen LogP contribution in [0.4, 0.5) is 17.1 Å². The van der Waals surface area contributed by atoms with Crippen LogP contribution in [0.15, 0.2) is 182 Å². The van der Waals surface area contributed by atoms with E-state index in [0.29, 0.717) is 0 Å². The summed E-state index contributed by atoms with van der Waals surface area (Å²) >= 11 is 0. The Hall–Kier alpha value is -6.25. The van der Waals surface area contributed by atoms with E-state index >= 15 is 0 Å². The molecule has 1 aliphatic heterocycles. The first-order chi connectivity index (χ1) is 23.8. The zero-order chi connectivity index (χ0) is 31.7. The molecule has 0 bridgehead atoms. The van der Waals surface area contributed by atoms with Gasteiger partial charge in [0, 0.05) is 16.6 Å². The summed E-state index contributed by atoms with van der Waals surface area (Å²) in [6, 6.07) is 66.2. The fourth-order valence-electron chi connectivity index (χ4n) is 8.32. The fraction of sp³-hybridized carbons (Fsp3) is 0.0217. The highest BCUT2D eigenvalue weighted by Gasteiger charge is 2.52. The second-order valence-corrected chi connectivity index (χ2v) is 12.7. The summed E-state index contributed by atoms with van der Waals surface area (Å²) in [7, 11) is 0. The first-order valence-electron chi connectivity index (χ1n) is 16.6. The van der Waals surface area contributed by atoms with Crippen molar-refractivity contribution in [3.63, 3.8) is 0 Å². The van der Waals surface area contributed by atoms with Gasteiger partial charge in [0.15, 0.2) is 0 Å². The van der Waals surface area contributed by atoms with Crippen molar-refractivity contribution in [3.05, 3.63) is 204 Å². The first-order valence-corrected chi connectivity index (χ1v) is 16.6. The SMILES string of the molecule is c1ccc(-c2ccc3cc(-c4cccc5c4C4(c6ccccc6-5)c5ccccc5N(c5ccccc5)c5ccccc54)ccc3n2)cc1. The van der Waals surface area contributed by atoms with Gasteiger partial charge in [-0.2, -0.15) is 0 Å². The molecular formula is C46H30N2. The second-order valence-electron chi connectivity index (χ2n) is 12.7. The molecule has 0 saturated carbocycles. The van der Waals surface area contributed by atoms with Gasteiger partial charge in [-0.1, -0.05) is 140 Å². The summed E-state index contributed by atoms with van der Waals surface area (Å²) in [6.45, 7) is 0. The molecule has 0 fully saturated rings. The van der Waals surface area contributed by atoms with Crippen LogP contribution in [0.3, 0.4) is 0 Å². The van der Waals surface area contributed by atoms with Crippen LogP contribution >= 0.6 is 0 Å². The van der Waals surface area contributed by atoms with Crippen LogP contribution < -0.4 is 4.90 Å². The van der Waals surface area contributed by atoms with Gasteiger partial charge in [0.2, 0.25) is 0 Å². The quantitative estimate of drug-likeness (QED) is 0.198. The largest absolute Gasteiger partial charge is 0.310 e. The number of pyridine rings is 1. The number of nitrogens with zero attached hydrogens (tertiary/aromatic N) is 2. The number of para-hydroxylation sites is 3. The molecule has 224 valence electrons. The lowest BCUT2D eigenvalue weighted by atomic mass is 9.63. The maximum atomic E-state index is 5.06. The maximum absolute atomic E-state index is 5.06. The van der Waals surface area contributed by atoms with Gasteiger partial charge in [-0.25, -0.2) is 4.98 Å². The Balaban J connectivity index is 1.26. The molecule has 2 heterocycles. The van der Waals surface area contributed by atoms with Crippen LogP contribution in [0.5, 0.6) is 0 Å². The second kappa shape index (κ2) is 10.4. The standard InChI is InChI=1S/C46H30N2/c1-3-14-31(15-4-1)41-29-27-33-30-32(26-28-42(33)47-41)35-19-13-20-37-36-18-7-8-21-38(36)46(45(35)37)39-22-9-11-24-43(39)48(34-16-5-2-6-17-34)44-25-12-10-23-40(44)46/h1-30H. The van der Waals surface area contributed by atoms with Gasteiger partial charge in [-0.3, -0.25) is 0 Å². The van der Waals surface area contributed by atoms with Crippen molar-refractivity contribution >= 4 is 28.0 Å². The normalized spacial score (nSPS) is 13.5. The zero-order valence-electron chi connectivity index (χ0n) is 26.2. The molecule has 0 N–H and O–H groups in total. The Morgan fingerprint density at radius 2 is 1.02 bits per heavy atom. The minimum atomic E-state index is -0.509. The third-order valence-corrected chi connectivity index (χ3v) is 10.2. The molecule has 1 aliphatic carbocycles. The van der Waals surface area contributed by atoms with E-state index in [1.54, 1.807) is 0 Å². The van der Waals surface area contributed by atoms with Crippen molar-refractivity contribution < 1.29 is 0 Å². The molecule has 0 amide bonds. The van der Waals surface area contributed by atoms with Gasteiger partial charge in [0.05, 0.1) is 28.0 Å². The minimum absolute atomic E-state index is 0.509. The molecule has 10 rings (SSSR count). The van der Waals surface area contributed by atoms with Gasteiger partial charge in [-0.05, 0) is 87.0 Å². The molecule has 2 nitrogen and oxygen atoms in total. The predicted molar refractivity (Wildman–Crippen MR) is 198 cm³/mol. The van der Waals surface area contributed by atoms with Crippen molar-refractivity contribution in [1.82, 2.24) is 4.98 Å². The van der Waals surface area contributed by atoms with E-state index in [0.717, 1.165) is 27.8 Å². The fourth-order valence-corrected chi connectivity index (χ4v) is 8.32. The van der Waals surface area contributed by atoms with Gasteiger partial charge < -0.3 is 4.90 Å². The van der Waals surface area contributed by atoms with Gasteiger partial charge >= 0.3 is 0 Å². The van der Waals surface area contributed by atoms with Crippen molar-refractivity contribution in [2.45, 2.75) is 5.41 Å². The summed E-state index contributed by atoms with van der Waals surface area (Å²) in [4.78, 5) is 7.50. The summed E-state index contributed by atoms with van der Waals surface area (Å²) in [5.41, 5.74) is 16.5. The van der Waals surface area contributed by atoms with Crippen molar-refractivity contribution in [2.24, 2.45) is 0 Å². The molecular weight excluding hydrogens is 581 g/mol. The van der Waals surface area contributed by atoms with E-state index in [-0.39, 0.29) is 0 Å². The smallest absolute Gasteiger partial charge is 0.0760 e.